The second-order valence-electron chi connectivity index (χ2n) is 7.96. The van der Waals surface area contributed by atoms with E-state index in [0.29, 0.717) is 0 Å². The summed E-state index contributed by atoms with van der Waals surface area (Å²) in [6.45, 7) is 14.2. The molecule has 4 N–H and O–H groups in total. The van der Waals surface area contributed by atoms with Gasteiger partial charge in [0.05, 0.1) is 13.2 Å². The van der Waals surface area contributed by atoms with E-state index in [9.17, 15) is 4.57 Å². The van der Waals surface area contributed by atoms with Crippen molar-refractivity contribution < 1.29 is 18.5 Å². The van der Waals surface area contributed by atoms with Gasteiger partial charge in [0.2, 0.25) is 0 Å². The maximum absolute atomic E-state index is 11.1. The third-order valence-electron chi connectivity index (χ3n) is 4.91. The number of hydrogen-bond donors (Lipinski definition) is 2. The first-order valence-electron chi connectivity index (χ1n) is 11.4. The van der Waals surface area contributed by atoms with E-state index in [-0.39, 0.29) is 19.4 Å². The molecule has 7 heteroatoms. The average molecular weight is 446 g/mol. The van der Waals surface area contributed by atoms with Crippen LogP contribution in [0.2, 0.25) is 0 Å². The Morgan fingerprint density at radius 1 is 0.679 bits per heavy atom. The Morgan fingerprint density at radius 3 is 1.21 bits per heavy atom. The first-order valence-corrected chi connectivity index (χ1v) is 16.0. The van der Waals surface area contributed by atoms with Gasteiger partial charge in [-0.25, -0.2) is 4.57 Å². The minimum Gasteiger partial charge on any atom is -0.344 e. The van der Waals surface area contributed by atoms with Gasteiger partial charge in [0.15, 0.2) is 0 Å². The van der Waals surface area contributed by atoms with Gasteiger partial charge >= 0.3 is 99.5 Å². The Morgan fingerprint density at radius 2 is 0.964 bits per heavy atom. The molecule has 0 radical (unpaired) electrons. The van der Waals surface area contributed by atoms with Crippen LogP contribution in [-0.4, -0.2) is 43.3 Å². The summed E-state index contributed by atoms with van der Waals surface area (Å²) in [7, 11) is -4.56. The van der Waals surface area contributed by atoms with Crippen LogP contribution >= 0.6 is 15.1 Å². The van der Waals surface area contributed by atoms with E-state index in [4.69, 9.17) is 13.9 Å². The quantitative estimate of drug-likeness (QED) is 0.177. The molecule has 0 aromatic heterocycles. The average Bonchev–Trinajstić information content (AvgIpc) is 2.64. The fourth-order valence-corrected chi connectivity index (χ4v) is 8.04. The minimum atomic E-state index is -3.75. The van der Waals surface area contributed by atoms with Crippen molar-refractivity contribution in [3.63, 3.8) is 0 Å². The van der Waals surface area contributed by atoms with Gasteiger partial charge in [-0.05, 0) is 12.8 Å². The molecule has 0 aliphatic rings. The number of phosphoric ester groups is 1. The normalized spacial score (nSPS) is 12.1. The Kier molecular flexibility index (Phi) is 26.3. The van der Waals surface area contributed by atoms with Crippen LogP contribution in [0.25, 0.3) is 0 Å². The molecule has 28 heavy (non-hydrogen) atoms. The molecule has 0 atom stereocenters. The summed E-state index contributed by atoms with van der Waals surface area (Å²) in [4.78, 5) is 9.08. The molecular weight excluding hydrogens is 392 g/mol. The summed E-state index contributed by atoms with van der Waals surface area (Å²) in [5.74, 6) is 0. The molecule has 0 rings (SSSR count). The Bertz CT molecular complexity index is 322. The van der Waals surface area contributed by atoms with Crippen molar-refractivity contribution in [1.29, 1.82) is 0 Å². The van der Waals surface area contributed by atoms with Gasteiger partial charge in [-0.2, -0.15) is 0 Å². The third kappa shape index (κ3) is 22.8. The molecule has 0 aliphatic carbocycles. The van der Waals surface area contributed by atoms with E-state index in [0.717, 1.165) is 25.7 Å². The van der Waals surface area contributed by atoms with Gasteiger partial charge < -0.3 is 11.0 Å². The maximum Gasteiger partial charge on any atom is -0.344 e. The number of phosphoric acid groups is 1. The Balaban J connectivity index is -0.000000432. The third-order valence-corrected chi connectivity index (χ3v) is 10.6. The summed E-state index contributed by atoms with van der Waals surface area (Å²) in [6.07, 6.45) is 16.8. The largest absolute Gasteiger partial charge is 0.344 e. The second kappa shape index (κ2) is 22.2. The van der Waals surface area contributed by atoms with Crippen molar-refractivity contribution in [2.45, 2.75) is 98.8 Å². The van der Waals surface area contributed by atoms with E-state index in [1.54, 1.807) is 18.5 Å². The second-order valence-corrected chi connectivity index (χ2v) is 14.5. The van der Waals surface area contributed by atoms with E-state index in [2.05, 4.69) is 27.4 Å². The standard InChI is InChI=1S/C13H31P.C8H19O4P.H3N/c1-5-8-11-14(4,12-9-6-2)13-10-7-3;1-3-5-7-11-13(9,10)12-8-6-4-2;/h14H,5-13H2,1-4H3;3-8H2,1-2H3,(H,9,10);1H3. The zero-order valence-electron chi connectivity index (χ0n) is 19.9. The zero-order valence-corrected chi connectivity index (χ0v) is 21.8. The van der Waals surface area contributed by atoms with Gasteiger partial charge in [0, 0.05) is 0 Å². The zero-order chi connectivity index (χ0) is 21.0. The molecule has 0 aromatic rings. The van der Waals surface area contributed by atoms with Crippen molar-refractivity contribution in [1.82, 2.24) is 6.15 Å². The van der Waals surface area contributed by atoms with Crippen LogP contribution in [0, 0.1) is 0 Å². The molecule has 176 valence electrons. The Hall–Kier alpha value is 0.500. The summed E-state index contributed by atoms with van der Waals surface area (Å²) < 4.78 is 20.5. The fourth-order valence-electron chi connectivity index (χ4n) is 2.87. The van der Waals surface area contributed by atoms with Crippen molar-refractivity contribution >= 4 is 15.1 Å². The van der Waals surface area contributed by atoms with E-state index in [1.165, 1.54) is 38.5 Å². The summed E-state index contributed by atoms with van der Waals surface area (Å²) >= 11 is 0. The van der Waals surface area contributed by atoms with Gasteiger partial charge in [-0.3, -0.25) is 9.05 Å². The van der Waals surface area contributed by atoms with Gasteiger partial charge in [-0.1, -0.05) is 26.7 Å². The molecule has 0 aliphatic heterocycles. The molecular formula is C21H53NO4P2. The van der Waals surface area contributed by atoms with Gasteiger partial charge in [0.1, 0.15) is 0 Å². The number of rotatable bonds is 17. The van der Waals surface area contributed by atoms with Crippen molar-refractivity contribution in [3.8, 4) is 0 Å². The smallest absolute Gasteiger partial charge is 0.344 e. The summed E-state index contributed by atoms with van der Waals surface area (Å²) in [6, 6.07) is 0. The van der Waals surface area contributed by atoms with E-state index >= 15 is 0 Å². The SMILES string of the molecule is CCCCOP(=O)(O)OCCCC.CCCC[PH](C)(CCCC)CCCC.N. The molecule has 0 heterocycles. The van der Waals surface area contributed by atoms with Crippen LogP contribution in [-0.2, 0) is 13.6 Å². The summed E-state index contributed by atoms with van der Waals surface area (Å²) in [5, 5.41) is 0. The maximum atomic E-state index is 11.1. The van der Waals surface area contributed by atoms with Gasteiger partial charge in [0.25, 0.3) is 0 Å². The first kappa shape index (κ1) is 33.1. The van der Waals surface area contributed by atoms with E-state index < -0.39 is 15.1 Å². The molecule has 0 fully saturated rings. The topological polar surface area (TPSA) is 90.8 Å². The molecule has 0 spiro atoms. The number of unbranched alkanes of at least 4 members (excludes halogenated alkanes) is 5. The predicted octanol–water partition coefficient (Wildman–Crippen LogP) is 7.65. The number of hydrogen-bond acceptors (Lipinski definition) is 4. The monoisotopic (exact) mass is 445 g/mol. The van der Waals surface area contributed by atoms with Crippen LogP contribution in [0.3, 0.4) is 0 Å². The summed E-state index contributed by atoms with van der Waals surface area (Å²) in [5.41, 5.74) is 0. The van der Waals surface area contributed by atoms with Crippen molar-refractivity contribution in [2.75, 3.05) is 38.4 Å². The van der Waals surface area contributed by atoms with Crippen LogP contribution in [0.4, 0.5) is 0 Å². The Labute approximate surface area is 177 Å². The van der Waals surface area contributed by atoms with Crippen molar-refractivity contribution in [2.24, 2.45) is 0 Å². The molecule has 0 unspecified atom stereocenters. The molecule has 0 saturated carbocycles. The predicted molar refractivity (Wildman–Crippen MR) is 130 cm³/mol. The van der Waals surface area contributed by atoms with Gasteiger partial charge in [-0.15, -0.1) is 0 Å². The minimum absolute atomic E-state index is 0. The van der Waals surface area contributed by atoms with E-state index in [1.807, 2.05) is 13.8 Å². The van der Waals surface area contributed by atoms with Crippen LogP contribution in [0.5, 0.6) is 0 Å². The van der Waals surface area contributed by atoms with Crippen LogP contribution in [0.1, 0.15) is 98.8 Å². The molecule has 0 bridgehead atoms. The van der Waals surface area contributed by atoms with Crippen LogP contribution in [0.15, 0.2) is 0 Å². The molecule has 0 saturated heterocycles. The molecule has 5 nitrogen and oxygen atoms in total. The molecule has 0 amide bonds. The fraction of sp³-hybridized carbons (Fsp3) is 1.00. The first-order chi connectivity index (χ1) is 12.8. The van der Waals surface area contributed by atoms with Crippen LogP contribution < -0.4 is 6.15 Å². The molecule has 0 aromatic carbocycles. The van der Waals surface area contributed by atoms with Crippen molar-refractivity contribution in [3.05, 3.63) is 0 Å².